The summed E-state index contributed by atoms with van der Waals surface area (Å²) in [6, 6.07) is 26.5. The van der Waals surface area contributed by atoms with Gasteiger partial charge in [0.05, 0.1) is 22.5 Å². The molecule has 0 N–H and O–H groups in total. The van der Waals surface area contributed by atoms with E-state index in [1.165, 1.54) is 24.3 Å². The van der Waals surface area contributed by atoms with Crippen molar-refractivity contribution in [3.8, 4) is 69.0 Å². The third-order valence-electron chi connectivity index (χ3n) is 8.50. The van der Waals surface area contributed by atoms with Crippen molar-refractivity contribution in [2.45, 2.75) is 12.4 Å². The molecular formula is C38H14F6N6. The van der Waals surface area contributed by atoms with Crippen molar-refractivity contribution in [3.05, 3.63) is 130 Å². The second-order valence-corrected chi connectivity index (χ2v) is 11.2. The first-order valence-corrected chi connectivity index (χ1v) is 14.5. The van der Waals surface area contributed by atoms with Gasteiger partial charge in [0.1, 0.15) is 46.8 Å². The van der Waals surface area contributed by atoms with Crippen LogP contribution in [0.3, 0.4) is 0 Å². The first-order chi connectivity index (χ1) is 23.9. The molecule has 0 atom stereocenters. The van der Waals surface area contributed by atoms with Gasteiger partial charge in [0.2, 0.25) is 0 Å². The van der Waals surface area contributed by atoms with Gasteiger partial charge in [-0.2, -0.15) is 47.4 Å². The van der Waals surface area contributed by atoms with E-state index >= 15 is 0 Å². The van der Waals surface area contributed by atoms with Crippen molar-refractivity contribution >= 4 is 11.1 Å². The van der Waals surface area contributed by atoms with Gasteiger partial charge in [-0.15, -0.1) is 0 Å². The highest BCUT2D eigenvalue weighted by atomic mass is 19.4. The highest BCUT2D eigenvalue weighted by Gasteiger charge is 2.37. The van der Waals surface area contributed by atoms with E-state index in [2.05, 4.69) is 0 Å². The zero-order chi connectivity index (χ0) is 35.5. The monoisotopic (exact) mass is 668 g/mol. The van der Waals surface area contributed by atoms with E-state index in [0.29, 0.717) is 44.5 Å². The lowest BCUT2D eigenvalue weighted by atomic mass is 9.95. The molecule has 2 aliphatic carbocycles. The van der Waals surface area contributed by atoms with Crippen molar-refractivity contribution in [1.29, 1.82) is 21.0 Å². The lowest BCUT2D eigenvalue weighted by molar-refractivity contribution is -0.138. The van der Waals surface area contributed by atoms with Crippen LogP contribution in [0.15, 0.2) is 96.1 Å². The molecule has 0 saturated heterocycles. The van der Waals surface area contributed by atoms with Gasteiger partial charge in [0.25, 0.3) is 0 Å². The Hall–Kier alpha value is -7.02. The predicted octanol–water partition coefficient (Wildman–Crippen LogP) is 9.51. The maximum Gasteiger partial charge on any atom is 0.416 e. The number of rotatable bonds is 2. The van der Waals surface area contributed by atoms with Crippen LogP contribution >= 0.6 is 0 Å². The van der Waals surface area contributed by atoms with Crippen LogP contribution in [-0.2, 0) is 12.4 Å². The summed E-state index contributed by atoms with van der Waals surface area (Å²) in [5.74, 6) is 0. The van der Waals surface area contributed by atoms with Crippen LogP contribution in [0.5, 0.6) is 0 Å². The molecule has 0 spiro atoms. The molecule has 0 radical (unpaired) electrons. The molecule has 0 fully saturated rings. The average molecular weight is 669 g/mol. The summed E-state index contributed by atoms with van der Waals surface area (Å²) in [5, 5.41) is 39.7. The third kappa shape index (κ3) is 4.95. The van der Waals surface area contributed by atoms with Crippen LogP contribution in [0.2, 0.25) is 0 Å². The van der Waals surface area contributed by atoms with E-state index in [1.807, 2.05) is 24.3 Å². The van der Waals surface area contributed by atoms with Gasteiger partial charge in [0.15, 0.2) is 0 Å². The minimum atomic E-state index is -4.52. The van der Waals surface area contributed by atoms with Crippen molar-refractivity contribution in [1.82, 2.24) is 9.97 Å². The zero-order valence-corrected chi connectivity index (χ0v) is 25.0. The van der Waals surface area contributed by atoms with Crippen LogP contribution in [0.25, 0.3) is 55.9 Å². The Morgan fingerprint density at radius 2 is 0.740 bits per heavy atom. The van der Waals surface area contributed by atoms with Gasteiger partial charge < -0.3 is 0 Å². The summed E-state index contributed by atoms with van der Waals surface area (Å²) >= 11 is 0. The highest BCUT2D eigenvalue weighted by Crippen LogP contribution is 2.51. The first-order valence-electron chi connectivity index (χ1n) is 14.5. The van der Waals surface area contributed by atoms with E-state index < -0.39 is 23.5 Å². The van der Waals surface area contributed by atoms with Crippen molar-refractivity contribution < 1.29 is 26.3 Å². The third-order valence-corrected chi connectivity index (χ3v) is 8.50. The summed E-state index contributed by atoms with van der Waals surface area (Å²) in [6.45, 7) is 0. The Morgan fingerprint density at radius 3 is 1.04 bits per heavy atom. The van der Waals surface area contributed by atoms with E-state index in [-0.39, 0.29) is 45.1 Å². The molecule has 1 aromatic heterocycles. The van der Waals surface area contributed by atoms with Gasteiger partial charge in [0, 0.05) is 22.3 Å². The van der Waals surface area contributed by atoms with Crippen LogP contribution in [-0.4, -0.2) is 9.97 Å². The summed E-state index contributed by atoms with van der Waals surface area (Å²) in [7, 11) is 0. The number of nitrogens with zero attached hydrogens (tertiary/aromatic N) is 6. The summed E-state index contributed by atoms with van der Waals surface area (Å²) in [6.07, 6.45) is -9.04. The Morgan fingerprint density at radius 1 is 0.420 bits per heavy atom. The van der Waals surface area contributed by atoms with E-state index in [4.69, 9.17) is 9.97 Å². The molecule has 0 amide bonds. The molecule has 0 aliphatic heterocycles. The van der Waals surface area contributed by atoms with E-state index in [9.17, 15) is 47.4 Å². The Balaban J connectivity index is 1.41. The molecule has 0 unspecified atom stereocenters. The number of allylic oxidation sites excluding steroid dienone is 2. The lowest BCUT2D eigenvalue weighted by Gasteiger charge is -2.10. The average Bonchev–Trinajstić information content (AvgIpc) is 3.59. The quantitative estimate of drug-likeness (QED) is 0.134. The molecule has 238 valence electrons. The molecule has 4 aromatic carbocycles. The molecule has 5 aromatic rings. The summed E-state index contributed by atoms with van der Waals surface area (Å²) in [4.78, 5) is 9.69. The normalized spacial score (nSPS) is 12.4. The van der Waals surface area contributed by atoms with Crippen LogP contribution in [0, 0.1) is 45.3 Å². The zero-order valence-electron chi connectivity index (χ0n) is 25.0. The standard InChI is InChI=1S/C38H14F6N6/c39-37(40,41)25-7-1-19(2-8-25)21-5-11-27-29(13-21)31(23(15-45)16-46)35-33(27)49-36-32(24(17-47)18-48)30-14-22(6-12-28(30)34(36)50-35)20-3-9-26(10-4-20)38(42,43)44/h1-14H. The maximum absolute atomic E-state index is 13.2. The molecule has 50 heavy (non-hydrogen) atoms. The van der Waals surface area contributed by atoms with Gasteiger partial charge in [-0.1, -0.05) is 48.5 Å². The lowest BCUT2D eigenvalue weighted by Crippen LogP contribution is -2.03. The second-order valence-electron chi connectivity index (χ2n) is 11.2. The number of alkyl halides is 6. The molecule has 2 aliphatic rings. The highest BCUT2D eigenvalue weighted by molar-refractivity contribution is 6.07. The maximum atomic E-state index is 13.2. The second kappa shape index (κ2) is 11.3. The van der Waals surface area contributed by atoms with Crippen LogP contribution in [0.1, 0.15) is 33.6 Å². The molecule has 12 heteroatoms. The molecule has 0 saturated carbocycles. The predicted molar refractivity (Wildman–Crippen MR) is 168 cm³/mol. The molecule has 6 nitrogen and oxygen atoms in total. The van der Waals surface area contributed by atoms with Gasteiger partial charge in [-0.05, 0) is 69.8 Å². The molecular weight excluding hydrogens is 654 g/mol. The number of aromatic nitrogens is 2. The fraction of sp³-hybridized carbons (Fsp3) is 0.0526. The number of halogens is 6. The fourth-order valence-corrected chi connectivity index (χ4v) is 6.17. The smallest absolute Gasteiger partial charge is 0.243 e. The van der Waals surface area contributed by atoms with Crippen molar-refractivity contribution in [2.24, 2.45) is 0 Å². The largest absolute Gasteiger partial charge is 0.416 e. The van der Waals surface area contributed by atoms with Gasteiger partial charge in [-0.3, -0.25) is 0 Å². The van der Waals surface area contributed by atoms with Crippen LogP contribution < -0.4 is 0 Å². The first kappa shape index (κ1) is 31.6. The number of hydrogen-bond acceptors (Lipinski definition) is 6. The van der Waals surface area contributed by atoms with Gasteiger partial charge >= 0.3 is 12.4 Å². The molecule has 1 heterocycles. The topological polar surface area (TPSA) is 121 Å². The number of nitriles is 4. The Bertz CT molecular complexity index is 2320. The van der Waals surface area contributed by atoms with Crippen LogP contribution in [0.4, 0.5) is 26.3 Å². The number of benzene rings is 4. The minimum absolute atomic E-state index is 0.158. The summed E-state index contributed by atoms with van der Waals surface area (Å²) < 4.78 is 79.1. The SMILES string of the molecule is N#CC(C#N)=C1c2cc(-c3ccc(C(F)(F)F)cc3)ccc2-c2nc3c(nc21)-c1ccc(-c2ccc(C(F)(F)F)cc2)cc1C3=C(C#N)C#N. The minimum Gasteiger partial charge on any atom is -0.243 e. The van der Waals surface area contributed by atoms with Gasteiger partial charge in [-0.25, -0.2) is 9.97 Å². The molecule has 7 rings (SSSR count). The Kier molecular flexibility index (Phi) is 7.14. The number of hydrogen-bond donors (Lipinski definition) is 0. The molecule has 0 bridgehead atoms. The number of fused-ring (bicyclic) bond motifs is 6. The van der Waals surface area contributed by atoms with Crippen molar-refractivity contribution in [2.75, 3.05) is 0 Å². The van der Waals surface area contributed by atoms with E-state index in [0.717, 1.165) is 24.3 Å². The summed E-state index contributed by atoms with van der Waals surface area (Å²) in [5.41, 5.74) is 2.56. The van der Waals surface area contributed by atoms with E-state index in [1.54, 1.807) is 36.4 Å². The Labute approximate surface area is 279 Å². The fourth-order valence-electron chi connectivity index (χ4n) is 6.17. The van der Waals surface area contributed by atoms with Crippen molar-refractivity contribution in [3.63, 3.8) is 0 Å².